The number of nitrogens with one attached hydrogen (secondary N) is 3. The van der Waals surface area contributed by atoms with E-state index in [0.29, 0.717) is 0 Å². The van der Waals surface area contributed by atoms with Gasteiger partial charge in [-0.05, 0) is 38.1 Å². The number of rotatable bonds is 5. The molecule has 0 aliphatic carbocycles. The second-order valence-electron chi connectivity index (χ2n) is 5.41. The summed E-state index contributed by atoms with van der Waals surface area (Å²) >= 11 is 0. The summed E-state index contributed by atoms with van der Waals surface area (Å²) in [6.45, 7) is 2.09. The van der Waals surface area contributed by atoms with Crippen molar-refractivity contribution in [3.8, 4) is 5.75 Å². The van der Waals surface area contributed by atoms with Crippen molar-refractivity contribution < 1.29 is 26.3 Å². The molecule has 0 spiro atoms. The third kappa shape index (κ3) is 4.72. The fourth-order valence-corrected chi connectivity index (χ4v) is 4.23. The molecule has 1 saturated heterocycles. The SMILES string of the molecule is CC1NNC(C)C1S(=O)(=O)Nc1ccc(OCC(F)(F)F)cc1. The van der Waals surface area contributed by atoms with Crippen molar-refractivity contribution in [2.24, 2.45) is 0 Å². The van der Waals surface area contributed by atoms with E-state index in [2.05, 4.69) is 20.3 Å². The van der Waals surface area contributed by atoms with Crippen molar-refractivity contribution in [1.29, 1.82) is 0 Å². The Labute approximate surface area is 132 Å². The van der Waals surface area contributed by atoms with Crippen LogP contribution in [0.4, 0.5) is 18.9 Å². The Morgan fingerprint density at radius 3 is 2.13 bits per heavy atom. The van der Waals surface area contributed by atoms with Gasteiger partial charge in [0.1, 0.15) is 11.0 Å². The summed E-state index contributed by atoms with van der Waals surface area (Å²) in [7, 11) is -3.66. The Morgan fingerprint density at radius 1 is 1.13 bits per heavy atom. The number of hydrogen-bond donors (Lipinski definition) is 3. The molecular formula is C13H18F3N3O3S. The maximum absolute atomic E-state index is 12.4. The average molecular weight is 353 g/mol. The van der Waals surface area contributed by atoms with E-state index in [-0.39, 0.29) is 23.5 Å². The van der Waals surface area contributed by atoms with Crippen LogP contribution in [0.5, 0.6) is 5.75 Å². The lowest BCUT2D eigenvalue weighted by atomic mass is 10.2. The molecule has 2 atom stereocenters. The molecule has 1 aliphatic rings. The highest BCUT2D eigenvalue weighted by molar-refractivity contribution is 7.93. The van der Waals surface area contributed by atoms with E-state index >= 15 is 0 Å². The molecule has 0 bridgehead atoms. The van der Waals surface area contributed by atoms with Gasteiger partial charge >= 0.3 is 6.18 Å². The third-order valence-electron chi connectivity index (χ3n) is 3.40. The van der Waals surface area contributed by atoms with E-state index < -0.39 is 28.1 Å². The number of benzene rings is 1. The Morgan fingerprint density at radius 2 is 1.65 bits per heavy atom. The normalized spacial score (nSPS) is 25.3. The predicted molar refractivity (Wildman–Crippen MR) is 79.5 cm³/mol. The number of halogens is 3. The van der Waals surface area contributed by atoms with Crippen molar-refractivity contribution in [3.63, 3.8) is 0 Å². The molecule has 1 aromatic rings. The van der Waals surface area contributed by atoms with Crippen molar-refractivity contribution in [2.45, 2.75) is 37.4 Å². The average Bonchev–Trinajstić information content (AvgIpc) is 2.77. The lowest BCUT2D eigenvalue weighted by molar-refractivity contribution is -0.153. The summed E-state index contributed by atoms with van der Waals surface area (Å²) < 4.78 is 68.0. The van der Waals surface area contributed by atoms with Crippen LogP contribution in [0.3, 0.4) is 0 Å². The highest BCUT2D eigenvalue weighted by atomic mass is 32.2. The van der Waals surface area contributed by atoms with E-state index in [1.54, 1.807) is 13.8 Å². The topological polar surface area (TPSA) is 79.5 Å². The van der Waals surface area contributed by atoms with Crippen LogP contribution in [0, 0.1) is 0 Å². The van der Waals surface area contributed by atoms with Crippen LogP contribution < -0.4 is 20.3 Å². The van der Waals surface area contributed by atoms with Gasteiger partial charge in [-0.25, -0.2) is 8.42 Å². The molecule has 0 aromatic heterocycles. The number of sulfonamides is 1. The minimum absolute atomic E-state index is 0.0104. The molecular weight excluding hydrogens is 335 g/mol. The van der Waals surface area contributed by atoms with Crippen LogP contribution in [0.1, 0.15) is 13.8 Å². The van der Waals surface area contributed by atoms with Gasteiger partial charge in [0, 0.05) is 17.8 Å². The summed E-state index contributed by atoms with van der Waals surface area (Å²) in [5.74, 6) is 0.0104. The van der Waals surface area contributed by atoms with Crippen molar-refractivity contribution in [2.75, 3.05) is 11.3 Å². The number of ether oxygens (including phenoxy) is 1. The highest BCUT2D eigenvalue weighted by Crippen LogP contribution is 2.23. The first-order valence-corrected chi connectivity index (χ1v) is 8.45. The van der Waals surface area contributed by atoms with E-state index in [4.69, 9.17) is 0 Å². The van der Waals surface area contributed by atoms with Gasteiger partial charge in [-0.15, -0.1) is 0 Å². The molecule has 23 heavy (non-hydrogen) atoms. The second kappa shape index (κ2) is 6.54. The van der Waals surface area contributed by atoms with Gasteiger partial charge in [-0.1, -0.05) is 0 Å². The Bertz CT molecular complexity index is 624. The standard InChI is InChI=1S/C13H18F3N3O3S/c1-8-12(9(2)18-17-8)23(20,21)19-10-3-5-11(6-4-10)22-7-13(14,15)16/h3-6,8-9,12,17-19H,7H2,1-2H3. The van der Waals surface area contributed by atoms with Crippen LogP contribution in [-0.4, -0.2) is 38.5 Å². The number of hydrazine groups is 1. The molecule has 1 fully saturated rings. The fraction of sp³-hybridized carbons (Fsp3) is 0.538. The van der Waals surface area contributed by atoms with Gasteiger partial charge in [0.25, 0.3) is 0 Å². The number of anilines is 1. The molecule has 3 N–H and O–H groups in total. The Balaban J connectivity index is 2.03. The van der Waals surface area contributed by atoms with Gasteiger partial charge in [-0.3, -0.25) is 15.6 Å². The van der Waals surface area contributed by atoms with E-state index in [9.17, 15) is 21.6 Å². The molecule has 1 aliphatic heterocycles. The molecule has 0 radical (unpaired) electrons. The Hall–Kier alpha value is -1.52. The van der Waals surface area contributed by atoms with Crippen LogP contribution in [0.2, 0.25) is 0 Å². The van der Waals surface area contributed by atoms with Gasteiger partial charge in [0.15, 0.2) is 6.61 Å². The zero-order valence-corrected chi connectivity index (χ0v) is 13.3. The minimum atomic E-state index is -4.42. The molecule has 10 heteroatoms. The first-order chi connectivity index (χ1) is 10.6. The number of hydrogen-bond acceptors (Lipinski definition) is 5. The maximum Gasteiger partial charge on any atom is 0.422 e. The van der Waals surface area contributed by atoms with Gasteiger partial charge in [-0.2, -0.15) is 13.2 Å². The largest absolute Gasteiger partial charge is 0.484 e. The predicted octanol–water partition coefficient (Wildman–Crippen LogP) is 1.62. The van der Waals surface area contributed by atoms with Crippen molar-refractivity contribution in [3.05, 3.63) is 24.3 Å². The quantitative estimate of drug-likeness (QED) is 0.750. The maximum atomic E-state index is 12.4. The summed E-state index contributed by atoms with van der Waals surface area (Å²) in [5.41, 5.74) is 5.97. The lowest BCUT2D eigenvalue weighted by Crippen LogP contribution is -2.41. The smallest absolute Gasteiger partial charge is 0.422 e. The zero-order chi connectivity index (χ0) is 17.3. The molecule has 1 heterocycles. The molecule has 1 aromatic carbocycles. The van der Waals surface area contributed by atoms with Crippen LogP contribution in [0.25, 0.3) is 0 Å². The first-order valence-electron chi connectivity index (χ1n) is 6.91. The molecule has 6 nitrogen and oxygen atoms in total. The molecule has 0 saturated carbocycles. The summed E-state index contributed by atoms with van der Waals surface area (Å²) in [4.78, 5) is 0. The van der Waals surface area contributed by atoms with Crippen LogP contribution in [-0.2, 0) is 10.0 Å². The van der Waals surface area contributed by atoms with Gasteiger partial charge in [0.2, 0.25) is 10.0 Å². The number of alkyl halides is 3. The second-order valence-corrected chi connectivity index (χ2v) is 7.24. The molecule has 130 valence electrons. The summed E-state index contributed by atoms with van der Waals surface area (Å²) in [6, 6.07) is 4.71. The monoisotopic (exact) mass is 353 g/mol. The first kappa shape index (κ1) is 17.8. The Kier molecular flexibility index (Phi) is 5.07. The lowest BCUT2D eigenvalue weighted by Gasteiger charge is -2.19. The molecule has 2 rings (SSSR count). The van der Waals surface area contributed by atoms with Gasteiger partial charge < -0.3 is 4.74 Å². The highest BCUT2D eigenvalue weighted by Gasteiger charge is 2.40. The van der Waals surface area contributed by atoms with Crippen LogP contribution >= 0.6 is 0 Å². The van der Waals surface area contributed by atoms with Crippen molar-refractivity contribution >= 4 is 15.7 Å². The summed E-state index contributed by atoms with van der Waals surface area (Å²) in [6.07, 6.45) is -4.42. The van der Waals surface area contributed by atoms with E-state index in [0.717, 1.165) is 0 Å². The van der Waals surface area contributed by atoms with Crippen LogP contribution in [0.15, 0.2) is 24.3 Å². The molecule has 2 unspecified atom stereocenters. The van der Waals surface area contributed by atoms with Gasteiger partial charge in [0.05, 0.1) is 0 Å². The zero-order valence-electron chi connectivity index (χ0n) is 12.5. The minimum Gasteiger partial charge on any atom is -0.484 e. The van der Waals surface area contributed by atoms with Crippen molar-refractivity contribution in [1.82, 2.24) is 10.9 Å². The molecule has 0 amide bonds. The fourth-order valence-electron chi connectivity index (χ4n) is 2.41. The van der Waals surface area contributed by atoms with E-state index in [1.165, 1.54) is 24.3 Å². The third-order valence-corrected chi connectivity index (χ3v) is 5.45. The summed E-state index contributed by atoms with van der Waals surface area (Å²) in [5, 5.41) is -0.677. The van der Waals surface area contributed by atoms with E-state index in [1.807, 2.05) is 0 Å².